The molecule has 0 spiro atoms. The Bertz CT molecular complexity index is 397. The van der Waals surface area contributed by atoms with Gasteiger partial charge in [-0.25, -0.2) is 0 Å². The Hall–Kier alpha value is -0.100. The molecule has 1 N–H and O–H groups in total. The molecule has 1 atom stereocenters. The fourth-order valence-corrected chi connectivity index (χ4v) is 3.31. The van der Waals surface area contributed by atoms with Crippen LogP contribution in [-0.4, -0.2) is 43.4 Å². The summed E-state index contributed by atoms with van der Waals surface area (Å²) in [5.41, 5.74) is 1.19. The molecule has 0 unspecified atom stereocenters. The molecule has 0 saturated heterocycles. The number of hydrogen-bond acceptors (Lipinski definition) is 3. The van der Waals surface area contributed by atoms with Gasteiger partial charge in [-0.1, -0.05) is 15.9 Å². The number of benzene rings is 1. The van der Waals surface area contributed by atoms with E-state index in [1.807, 2.05) is 19.2 Å². The van der Waals surface area contributed by atoms with E-state index in [0.717, 1.165) is 27.7 Å². The Kier molecular flexibility index (Phi) is 6.63. The van der Waals surface area contributed by atoms with E-state index in [0.29, 0.717) is 6.54 Å². The SMILES string of the molecule is COc1ccc(Br)c(CCN(C)C[C@H](C)O)c1Br. The molecule has 0 heterocycles. The number of likely N-dealkylation sites (N-methyl/N-ethyl adjacent to an activating group) is 1. The van der Waals surface area contributed by atoms with Gasteiger partial charge in [-0.05, 0) is 54.0 Å². The summed E-state index contributed by atoms with van der Waals surface area (Å²) in [6.07, 6.45) is 0.592. The standard InChI is InChI=1S/C13H19Br2NO2/c1-9(17)8-16(2)7-6-10-11(14)4-5-12(18-3)13(10)15/h4-5,9,17H,6-8H2,1-3H3/t9-/m0/s1. The second-order valence-corrected chi connectivity index (χ2v) is 6.05. The number of hydrogen-bond donors (Lipinski definition) is 1. The van der Waals surface area contributed by atoms with Gasteiger partial charge in [0.1, 0.15) is 5.75 Å². The maximum absolute atomic E-state index is 9.33. The third kappa shape index (κ3) is 4.53. The largest absolute Gasteiger partial charge is 0.496 e. The molecule has 0 fully saturated rings. The van der Waals surface area contributed by atoms with Crippen molar-refractivity contribution in [1.29, 1.82) is 0 Å². The Morgan fingerprint density at radius 1 is 1.39 bits per heavy atom. The van der Waals surface area contributed by atoms with Gasteiger partial charge in [0.25, 0.3) is 0 Å². The second kappa shape index (κ2) is 7.48. The summed E-state index contributed by atoms with van der Waals surface area (Å²) < 4.78 is 7.35. The third-order valence-electron chi connectivity index (χ3n) is 2.69. The van der Waals surface area contributed by atoms with E-state index >= 15 is 0 Å². The maximum atomic E-state index is 9.33. The lowest BCUT2D eigenvalue weighted by molar-refractivity contribution is 0.142. The van der Waals surface area contributed by atoms with Crippen LogP contribution in [-0.2, 0) is 6.42 Å². The van der Waals surface area contributed by atoms with Crippen molar-refractivity contribution in [3.8, 4) is 5.75 Å². The fourth-order valence-electron chi connectivity index (χ4n) is 1.81. The highest BCUT2D eigenvalue weighted by Crippen LogP contribution is 2.34. The number of aliphatic hydroxyl groups excluding tert-OH is 1. The van der Waals surface area contributed by atoms with E-state index in [2.05, 4.69) is 36.8 Å². The molecular formula is C13H19Br2NO2. The number of halogens is 2. The first kappa shape index (κ1) is 16.0. The first-order valence-corrected chi connectivity index (χ1v) is 7.41. The van der Waals surface area contributed by atoms with Crippen LogP contribution < -0.4 is 4.74 Å². The smallest absolute Gasteiger partial charge is 0.133 e. The molecule has 0 aliphatic heterocycles. The molecule has 0 bridgehead atoms. The van der Waals surface area contributed by atoms with E-state index < -0.39 is 0 Å². The first-order valence-electron chi connectivity index (χ1n) is 5.83. The van der Waals surface area contributed by atoms with E-state index in [4.69, 9.17) is 4.74 Å². The summed E-state index contributed by atoms with van der Waals surface area (Å²) in [6, 6.07) is 3.92. The van der Waals surface area contributed by atoms with Crippen molar-refractivity contribution >= 4 is 31.9 Å². The van der Waals surface area contributed by atoms with Gasteiger partial charge in [0.2, 0.25) is 0 Å². The van der Waals surface area contributed by atoms with Crippen molar-refractivity contribution in [3.05, 3.63) is 26.6 Å². The highest BCUT2D eigenvalue weighted by molar-refractivity contribution is 9.11. The van der Waals surface area contributed by atoms with E-state index in [-0.39, 0.29) is 6.10 Å². The number of aliphatic hydroxyl groups is 1. The third-order valence-corrected chi connectivity index (χ3v) is 4.30. The summed E-state index contributed by atoms with van der Waals surface area (Å²) in [4.78, 5) is 2.11. The molecule has 1 aromatic rings. The Morgan fingerprint density at radius 3 is 2.61 bits per heavy atom. The minimum Gasteiger partial charge on any atom is -0.496 e. The van der Waals surface area contributed by atoms with Crippen LogP contribution in [0.3, 0.4) is 0 Å². The summed E-state index contributed by atoms with van der Waals surface area (Å²) in [7, 11) is 3.67. The van der Waals surface area contributed by atoms with Crippen molar-refractivity contribution in [2.45, 2.75) is 19.4 Å². The van der Waals surface area contributed by atoms with Crippen LogP contribution in [0.2, 0.25) is 0 Å². The van der Waals surface area contributed by atoms with Gasteiger partial charge in [0.05, 0.1) is 17.7 Å². The van der Waals surface area contributed by atoms with Crippen LogP contribution in [0.1, 0.15) is 12.5 Å². The van der Waals surface area contributed by atoms with Gasteiger partial charge in [0, 0.05) is 17.6 Å². The normalized spacial score (nSPS) is 12.8. The van der Waals surface area contributed by atoms with Crippen molar-refractivity contribution in [1.82, 2.24) is 4.90 Å². The average molecular weight is 381 g/mol. The second-order valence-electron chi connectivity index (χ2n) is 4.40. The molecule has 5 heteroatoms. The van der Waals surface area contributed by atoms with Gasteiger partial charge in [-0.3, -0.25) is 0 Å². The Balaban J connectivity index is 2.72. The zero-order chi connectivity index (χ0) is 13.7. The number of nitrogens with zero attached hydrogens (tertiary/aromatic N) is 1. The van der Waals surface area contributed by atoms with Crippen molar-refractivity contribution in [3.63, 3.8) is 0 Å². The molecule has 0 amide bonds. The lowest BCUT2D eigenvalue weighted by Crippen LogP contribution is -2.29. The zero-order valence-electron chi connectivity index (χ0n) is 10.9. The lowest BCUT2D eigenvalue weighted by Gasteiger charge is -2.19. The Labute approximate surface area is 125 Å². The number of ether oxygens (including phenoxy) is 1. The average Bonchev–Trinajstić information content (AvgIpc) is 2.28. The van der Waals surface area contributed by atoms with Crippen LogP contribution in [0.15, 0.2) is 21.1 Å². The lowest BCUT2D eigenvalue weighted by atomic mass is 10.1. The van der Waals surface area contributed by atoms with Crippen LogP contribution in [0.5, 0.6) is 5.75 Å². The van der Waals surface area contributed by atoms with Gasteiger partial charge in [0.15, 0.2) is 0 Å². The van der Waals surface area contributed by atoms with Crippen molar-refractivity contribution in [2.24, 2.45) is 0 Å². The Morgan fingerprint density at radius 2 is 2.06 bits per heavy atom. The number of rotatable bonds is 6. The van der Waals surface area contributed by atoms with Crippen LogP contribution in [0, 0.1) is 0 Å². The van der Waals surface area contributed by atoms with Gasteiger partial charge >= 0.3 is 0 Å². The molecule has 0 aliphatic rings. The maximum Gasteiger partial charge on any atom is 0.133 e. The first-order chi connectivity index (χ1) is 8.45. The highest BCUT2D eigenvalue weighted by atomic mass is 79.9. The molecule has 3 nitrogen and oxygen atoms in total. The molecule has 18 heavy (non-hydrogen) atoms. The molecule has 0 aliphatic carbocycles. The van der Waals surface area contributed by atoms with Gasteiger partial charge < -0.3 is 14.7 Å². The van der Waals surface area contributed by atoms with Crippen LogP contribution in [0.25, 0.3) is 0 Å². The summed E-state index contributed by atoms with van der Waals surface area (Å²) in [6.45, 7) is 3.36. The predicted octanol–water partition coefficient (Wildman–Crippen LogP) is 3.08. The topological polar surface area (TPSA) is 32.7 Å². The van der Waals surface area contributed by atoms with E-state index in [9.17, 15) is 5.11 Å². The van der Waals surface area contributed by atoms with E-state index in [1.165, 1.54) is 5.56 Å². The quantitative estimate of drug-likeness (QED) is 0.823. The van der Waals surface area contributed by atoms with Gasteiger partial charge in [-0.15, -0.1) is 0 Å². The molecule has 0 saturated carbocycles. The van der Waals surface area contributed by atoms with Crippen molar-refractivity contribution < 1.29 is 9.84 Å². The summed E-state index contributed by atoms with van der Waals surface area (Å²) in [5, 5.41) is 9.33. The minimum absolute atomic E-state index is 0.299. The monoisotopic (exact) mass is 379 g/mol. The molecular weight excluding hydrogens is 362 g/mol. The summed E-state index contributed by atoms with van der Waals surface area (Å²) >= 11 is 7.13. The van der Waals surface area contributed by atoms with Crippen LogP contribution >= 0.6 is 31.9 Å². The van der Waals surface area contributed by atoms with Gasteiger partial charge in [-0.2, -0.15) is 0 Å². The van der Waals surface area contributed by atoms with Crippen molar-refractivity contribution in [2.75, 3.05) is 27.2 Å². The molecule has 1 aromatic carbocycles. The summed E-state index contributed by atoms with van der Waals surface area (Å²) in [5.74, 6) is 0.839. The zero-order valence-corrected chi connectivity index (χ0v) is 14.1. The molecule has 102 valence electrons. The number of methoxy groups -OCH3 is 1. The van der Waals surface area contributed by atoms with E-state index in [1.54, 1.807) is 14.0 Å². The minimum atomic E-state index is -0.299. The van der Waals surface area contributed by atoms with Crippen LogP contribution in [0.4, 0.5) is 0 Å². The highest BCUT2D eigenvalue weighted by Gasteiger charge is 2.11. The molecule has 0 radical (unpaired) electrons. The molecule has 0 aromatic heterocycles. The molecule has 1 rings (SSSR count). The predicted molar refractivity (Wildman–Crippen MR) is 81.3 cm³/mol. The fraction of sp³-hybridized carbons (Fsp3) is 0.538.